The van der Waals surface area contributed by atoms with Gasteiger partial charge >= 0.3 is 0 Å². The third kappa shape index (κ3) is 3.00. The summed E-state index contributed by atoms with van der Waals surface area (Å²) in [5, 5.41) is 3.03. The molecule has 18 heavy (non-hydrogen) atoms. The summed E-state index contributed by atoms with van der Waals surface area (Å²) in [6.45, 7) is 0. The van der Waals surface area contributed by atoms with Crippen molar-refractivity contribution in [2.45, 2.75) is 0 Å². The second-order valence-corrected chi connectivity index (χ2v) is 4.80. The van der Waals surface area contributed by atoms with Crippen LogP contribution in [0.25, 0.3) is 0 Å². The Hall–Kier alpha value is -1.59. The van der Waals surface area contributed by atoms with E-state index in [0.29, 0.717) is 22.1 Å². The quantitative estimate of drug-likeness (QED) is 0.657. The van der Waals surface area contributed by atoms with Gasteiger partial charge in [-0.2, -0.15) is 0 Å². The van der Waals surface area contributed by atoms with Crippen molar-refractivity contribution in [2.24, 2.45) is 0 Å². The van der Waals surface area contributed by atoms with Crippen molar-refractivity contribution in [2.75, 3.05) is 11.1 Å². The summed E-state index contributed by atoms with van der Waals surface area (Å²) < 4.78 is 0.756. The number of nitrogens with two attached hydrogens (primary N) is 1. The van der Waals surface area contributed by atoms with E-state index in [4.69, 9.17) is 17.3 Å². The summed E-state index contributed by atoms with van der Waals surface area (Å²) in [4.78, 5) is 15.8. The van der Waals surface area contributed by atoms with Gasteiger partial charge in [0.2, 0.25) is 0 Å². The molecule has 1 heterocycles. The lowest BCUT2D eigenvalue weighted by molar-refractivity contribution is 0.102. The van der Waals surface area contributed by atoms with E-state index in [2.05, 4.69) is 26.2 Å². The highest BCUT2D eigenvalue weighted by Crippen LogP contribution is 2.21. The first kappa shape index (κ1) is 12.9. The molecule has 92 valence electrons. The number of carbonyl (C=O) groups is 1. The first-order valence-electron chi connectivity index (χ1n) is 5.04. The van der Waals surface area contributed by atoms with Gasteiger partial charge in [-0.25, -0.2) is 4.98 Å². The molecule has 3 N–H and O–H groups in total. The average molecular weight is 327 g/mol. The van der Waals surface area contributed by atoms with Crippen molar-refractivity contribution in [3.8, 4) is 0 Å². The zero-order valence-corrected chi connectivity index (χ0v) is 11.5. The molecule has 6 heteroatoms. The maximum Gasteiger partial charge on any atom is 0.255 e. The summed E-state index contributed by atoms with van der Waals surface area (Å²) in [6, 6.07) is 8.23. The fourth-order valence-electron chi connectivity index (χ4n) is 1.37. The van der Waals surface area contributed by atoms with E-state index < -0.39 is 0 Å². The summed E-state index contributed by atoms with van der Waals surface area (Å²) >= 11 is 9.00. The summed E-state index contributed by atoms with van der Waals surface area (Å²) in [5.74, 6) is -0.253. The molecule has 0 aliphatic rings. The molecule has 2 rings (SSSR count). The second kappa shape index (κ2) is 5.37. The number of aromatic nitrogens is 1. The minimum absolute atomic E-state index is 0.253. The number of anilines is 2. The Kier molecular flexibility index (Phi) is 3.84. The van der Waals surface area contributed by atoms with E-state index >= 15 is 0 Å². The first-order valence-corrected chi connectivity index (χ1v) is 6.21. The average Bonchev–Trinajstić information content (AvgIpc) is 2.32. The van der Waals surface area contributed by atoms with Crippen LogP contribution >= 0.6 is 27.5 Å². The molecule has 1 amide bonds. The molecule has 0 saturated heterocycles. The van der Waals surface area contributed by atoms with E-state index in [0.717, 1.165) is 4.47 Å². The normalized spacial score (nSPS) is 10.1. The highest BCUT2D eigenvalue weighted by Gasteiger charge is 2.08. The Labute approximate surface area is 117 Å². The molecule has 0 saturated carbocycles. The number of halogens is 2. The molecule has 0 radical (unpaired) electrons. The lowest BCUT2D eigenvalue weighted by Gasteiger charge is -2.06. The third-order valence-electron chi connectivity index (χ3n) is 2.24. The van der Waals surface area contributed by atoms with Gasteiger partial charge in [-0.05, 0) is 46.3 Å². The molecule has 0 spiro atoms. The largest absolute Gasteiger partial charge is 0.398 e. The van der Waals surface area contributed by atoms with Crippen LogP contribution in [0.1, 0.15) is 10.4 Å². The Morgan fingerprint density at radius 3 is 2.78 bits per heavy atom. The van der Waals surface area contributed by atoms with E-state index in [-0.39, 0.29) is 5.91 Å². The lowest BCUT2D eigenvalue weighted by Crippen LogP contribution is -2.12. The zero-order valence-electron chi connectivity index (χ0n) is 9.15. The van der Waals surface area contributed by atoms with Crippen LogP contribution in [-0.4, -0.2) is 10.9 Å². The zero-order chi connectivity index (χ0) is 13.1. The number of rotatable bonds is 2. The predicted octanol–water partition coefficient (Wildman–Crippen LogP) is 3.33. The number of hydrogen-bond acceptors (Lipinski definition) is 3. The first-order chi connectivity index (χ1) is 8.56. The highest BCUT2D eigenvalue weighted by molar-refractivity contribution is 9.10. The lowest BCUT2D eigenvalue weighted by atomic mass is 10.2. The SMILES string of the molecule is Nc1cc(C(=O)Nc2ccnc(Cl)c2)ccc1Br. The molecular weight excluding hydrogens is 318 g/mol. The molecule has 0 aliphatic carbocycles. The van der Waals surface area contributed by atoms with Crippen LogP contribution in [0.2, 0.25) is 5.15 Å². The van der Waals surface area contributed by atoms with Gasteiger partial charge in [0.15, 0.2) is 0 Å². The van der Waals surface area contributed by atoms with E-state index in [1.54, 1.807) is 30.3 Å². The van der Waals surface area contributed by atoms with Crippen LogP contribution in [0.3, 0.4) is 0 Å². The monoisotopic (exact) mass is 325 g/mol. The molecule has 1 aromatic carbocycles. The van der Waals surface area contributed by atoms with Gasteiger partial charge in [-0.15, -0.1) is 0 Å². The number of nitrogens with one attached hydrogen (secondary N) is 1. The minimum Gasteiger partial charge on any atom is -0.398 e. The maximum absolute atomic E-state index is 11.9. The van der Waals surface area contributed by atoms with E-state index in [9.17, 15) is 4.79 Å². The molecule has 0 atom stereocenters. The van der Waals surface area contributed by atoms with Gasteiger partial charge in [-0.1, -0.05) is 11.6 Å². The minimum atomic E-state index is -0.253. The van der Waals surface area contributed by atoms with Crippen LogP contribution in [0.5, 0.6) is 0 Å². The predicted molar refractivity (Wildman–Crippen MR) is 75.8 cm³/mol. The molecule has 2 aromatic rings. The molecule has 0 fully saturated rings. The number of nitrogens with zero attached hydrogens (tertiary/aromatic N) is 1. The highest BCUT2D eigenvalue weighted by atomic mass is 79.9. The van der Waals surface area contributed by atoms with Gasteiger partial charge in [0.1, 0.15) is 5.15 Å². The third-order valence-corrected chi connectivity index (χ3v) is 3.17. The molecular formula is C12H9BrClN3O. The number of hydrogen-bond donors (Lipinski definition) is 2. The number of carbonyl (C=O) groups excluding carboxylic acids is 1. The van der Waals surface area contributed by atoms with Crippen molar-refractivity contribution in [3.63, 3.8) is 0 Å². The van der Waals surface area contributed by atoms with E-state index in [1.165, 1.54) is 6.20 Å². The van der Waals surface area contributed by atoms with Crippen molar-refractivity contribution in [1.29, 1.82) is 0 Å². The van der Waals surface area contributed by atoms with Gasteiger partial charge in [0, 0.05) is 27.6 Å². The van der Waals surface area contributed by atoms with Gasteiger partial charge in [0.05, 0.1) is 0 Å². The van der Waals surface area contributed by atoms with Crippen LogP contribution in [0.4, 0.5) is 11.4 Å². The summed E-state index contributed by atoms with van der Waals surface area (Å²) in [7, 11) is 0. The topological polar surface area (TPSA) is 68.0 Å². The van der Waals surface area contributed by atoms with E-state index in [1.807, 2.05) is 0 Å². The van der Waals surface area contributed by atoms with Gasteiger partial charge < -0.3 is 11.1 Å². The molecule has 4 nitrogen and oxygen atoms in total. The Morgan fingerprint density at radius 1 is 1.33 bits per heavy atom. The molecule has 0 unspecified atom stereocenters. The Morgan fingerprint density at radius 2 is 2.11 bits per heavy atom. The van der Waals surface area contributed by atoms with Crippen molar-refractivity contribution < 1.29 is 4.79 Å². The van der Waals surface area contributed by atoms with Gasteiger partial charge in [0.25, 0.3) is 5.91 Å². The Bertz CT molecular complexity index is 604. The van der Waals surface area contributed by atoms with Crippen molar-refractivity contribution >= 4 is 44.8 Å². The standard InChI is InChI=1S/C12H9BrClN3O/c13-9-2-1-7(5-10(9)15)12(18)17-8-3-4-16-11(14)6-8/h1-6H,15H2,(H,16,17,18). The van der Waals surface area contributed by atoms with Crippen LogP contribution < -0.4 is 11.1 Å². The van der Waals surface area contributed by atoms with Crippen LogP contribution in [-0.2, 0) is 0 Å². The number of amides is 1. The fourth-order valence-corrected chi connectivity index (χ4v) is 1.79. The number of pyridine rings is 1. The van der Waals surface area contributed by atoms with Crippen molar-refractivity contribution in [3.05, 3.63) is 51.7 Å². The number of nitrogen functional groups attached to an aromatic ring is 1. The Balaban J connectivity index is 2.19. The smallest absolute Gasteiger partial charge is 0.255 e. The van der Waals surface area contributed by atoms with Crippen molar-refractivity contribution in [1.82, 2.24) is 4.98 Å². The van der Waals surface area contributed by atoms with Gasteiger partial charge in [-0.3, -0.25) is 4.79 Å². The molecule has 0 bridgehead atoms. The summed E-state index contributed by atoms with van der Waals surface area (Å²) in [5.41, 5.74) is 7.29. The van der Waals surface area contributed by atoms with Crippen LogP contribution in [0, 0.1) is 0 Å². The summed E-state index contributed by atoms with van der Waals surface area (Å²) in [6.07, 6.45) is 1.52. The molecule has 1 aromatic heterocycles. The number of benzene rings is 1. The maximum atomic E-state index is 11.9. The molecule has 0 aliphatic heterocycles. The second-order valence-electron chi connectivity index (χ2n) is 3.56. The fraction of sp³-hybridized carbons (Fsp3) is 0. The van der Waals surface area contributed by atoms with Crippen LogP contribution in [0.15, 0.2) is 41.0 Å².